The van der Waals surface area contributed by atoms with Crippen LogP contribution < -0.4 is 5.32 Å². The number of anilines is 1. The molecule has 3 heteroatoms. The van der Waals surface area contributed by atoms with Crippen molar-refractivity contribution in [2.75, 3.05) is 5.32 Å². The van der Waals surface area contributed by atoms with Gasteiger partial charge in [0.2, 0.25) is 5.95 Å². The first kappa shape index (κ1) is 11.2. The van der Waals surface area contributed by atoms with Crippen LogP contribution in [-0.4, -0.2) is 9.97 Å². The lowest BCUT2D eigenvalue weighted by molar-refractivity contribution is 0.282. The predicted octanol–water partition coefficient (Wildman–Crippen LogP) is 3.28. The van der Waals surface area contributed by atoms with Crippen LogP contribution in [0, 0.1) is 6.92 Å². The summed E-state index contributed by atoms with van der Waals surface area (Å²) >= 11 is 0. The second-order valence-electron chi connectivity index (χ2n) is 5.01. The average molecular weight is 239 g/mol. The van der Waals surface area contributed by atoms with E-state index in [1.807, 2.05) is 19.3 Å². The van der Waals surface area contributed by atoms with Crippen LogP contribution in [-0.2, 0) is 5.54 Å². The van der Waals surface area contributed by atoms with Crippen LogP contribution in [0.25, 0.3) is 0 Å². The van der Waals surface area contributed by atoms with Gasteiger partial charge in [0.1, 0.15) is 0 Å². The number of benzene rings is 1. The second-order valence-corrected chi connectivity index (χ2v) is 5.01. The summed E-state index contributed by atoms with van der Waals surface area (Å²) in [5.41, 5.74) is 2.46. The molecule has 3 nitrogen and oxygen atoms in total. The first-order valence-electron chi connectivity index (χ1n) is 6.41. The summed E-state index contributed by atoms with van der Waals surface area (Å²) in [6.07, 6.45) is 7.26. The molecule has 92 valence electrons. The molecule has 1 aliphatic carbocycles. The fourth-order valence-electron chi connectivity index (χ4n) is 2.44. The van der Waals surface area contributed by atoms with Crippen LogP contribution in [0.1, 0.15) is 30.4 Å². The summed E-state index contributed by atoms with van der Waals surface area (Å²) in [6, 6.07) is 10.6. The first-order chi connectivity index (χ1) is 8.78. The summed E-state index contributed by atoms with van der Waals surface area (Å²) in [6.45, 7) is 2.00. The normalized spacial score (nSPS) is 16.9. The topological polar surface area (TPSA) is 37.8 Å². The van der Waals surface area contributed by atoms with Gasteiger partial charge in [-0.3, -0.25) is 0 Å². The van der Waals surface area contributed by atoms with Gasteiger partial charge in [-0.15, -0.1) is 0 Å². The molecule has 0 bridgehead atoms. The summed E-state index contributed by atoms with van der Waals surface area (Å²) in [7, 11) is 0. The molecular formula is C15H17N3. The zero-order valence-corrected chi connectivity index (χ0v) is 10.6. The summed E-state index contributed by atoms with van der Waals surface area (Å²) in [5.74, 6) is 0.726. The molecule has 0 amide bonds. The molecular weight excluding hydrogens is 222 g/mol. The fraction of sp³-hybridized carbons (Fsp3) is 0.333. The van der Waals surface area contributed by atoms with Gasteiger partial charge in [-0.2, -0.15) is 0 Å². The SMILES string of the molecule is Cc1cnc(NC2(c3ccccc3)CCC2)nc1. The first-order valence-corrected chi connectivity index (χ1v) is 6.41. The lowest BCUT2D eigenvalue weighted by atomic mass is 9.72. The number of nitrogens with zero attached hydrogens (tertiary/aromatic N) is 2. The summed E-state index contributed by atoms with van der Waals surface area (Å²) in [5, 5.41) is 3.51. The van der Waals surface area contributed by atoms with Crippen LogP contribution in [0.15, 0.2) is 42.7 Å². The maximum Gasteiger partial charge on any atom is 0.223 e. The Morgan fingerprint density at radius 2 is 1.72 bits per heavy atom. The maximum atomic E-state index is 4.35. The van der Waals surface area contributed by atoms with Crippen molar-refractivity contribution in [2.45, 2.75) is 31.7 Å². The van der Waals surface area contributed by atoms with Crippen molar-refractivity contribution in [3.63, 3.8) is 0 Å². The molecule has 18 heavy (non-hydrogen) atoms. The Morgan fingerprint density at radius 1 is 1.06 bits per heavy atom. The lowest BCUT2D eigenvalue weighted by Gasteiger charge is -2.43. The Balaban J connectivity index is 1.87. The van der Waals surface area contributed by atoms with Gasteiger partial charge < -0.3 is 5.32 Å². The Hall–Kier alpha value is -1.90. The van der Waals surface area contributed by atoms with Gasteiger partial charge in [0, 0.05) is 12.4 Å². The van der Waals surface area contributed by atoms with E-state index in [1.165, 1.54) is 12.0 Å². The van der Waals surface area contributed by atoms with Gasteiger partial charge in [0.25, 0.3) is 0 Å². The van der Waals surface area contributed by atoms with Gasteiger partial charge >= 0.3 is 0 Å². The molecule has 1 aliphatic rings. The van der Waals surface area contributed by atoms with Crippen molar-refractivity contribution < 1.29 is 0 Å². The molecule has 3 rings (SSSR count). The highest BCUT2D eigenvalue weighted by Crippen LogP contribution is 2.43. The Kier molecular flexibility index (Phi) is 2.74. The van der Waals surface area contributed by atoms with Crippen molar-refractivity contribution in [2.24, 2.45) is 0 Å². The maximum absolute atomic E-state index is 4.35. The van der Waals surface area contributed by atoms with Crippen LogP contribution in [0.2, 0.25) is 0 Å². The van der Waals surface area contributed by atoms with Crippen LogP contribution >= 0.6 is 0 Å². The third kappa shape index (κ3) is 1.96. The number of aryl methyl sites for hydroxylation is 1. The van der Waals surface area contributed by atoms with Gasteiger partial charge in [-0.25, -0.2) is 9.97 Å². The van der Waals surface area contributed by atoms with E-state index in [2.05, 4.69) is 45.6 Å². The number of hydrogen-bond donors (Lipinski definition) is 1. The van der Waals surface area contributed by atoms with E-state index in [1.54, 1.807) is 0 Å². The molecule has 0 radical (unpaired) electrons. The van der Waals surface area contributed by atoms with E-state index < -0.39 is 0 Å². The highest BCUT2D eigenvalue weighted by molar-refractivity contribution is 5.39. The molecule has 0 unspecified atom stereocenters. The minimum absolute atomic E-state index is 0.0382. The van der Waals surface area contributed by atoms with Crippen molar-refractivity contribution in [1.29, 1.82) is 0 Å². The molecule has 2 aromatic rings. The summed E-state index contributed by atoms with van der Waals surface area (Å²) < 4.78 is 0. The highest BCUT2D eigenvalue weighted by atomic mass is 15.1. The van der Waals surface area contributed by atoms with Gasteiger partial charge in [0.15, 0.2) is 0 Å². The molecule has 0 atom stereocenters. The Morgan fingerprint density at radius 3 is 2.28 bits per heavy atom. The lowest BCUT2D eigenvalue weighted by Crippen LogP contribution is -2.42. The van der Waals surface area contributed by atoms with E-state index >= 15 is 0 Å². The number of aromatic nitrogens is 2. The van der Waals surface area contributed by atoms with Crippen molar-refractivity contribution in [3.8, 4) is 0 Å². The molecule has 1 saturated carbocycles. The monoisotopic (exact) mass is 239 g/mol. The van der Waals surface area contributed by atoms with Gasteiger partial charge in [-0.1, -0.05) is 30.3 Å². The third-order valence-corrected chi connectivity index (χ3v) is 3.67. The average Bonchev–Trinajstić information content (AvgIpc) is 2.37. The number of nitrogens with one attached hydrogen (secondary N) is 1. The van der Waals surface area contributed by atoms with E-state index in [4.69, 9.17) is 0 Å². The molecule has 1 heterocycles. The van der Waals surface area contributed by atoms with E-state index in [0.717, 1.165) is 24.4 Å². The quantitative estimate of drug-likeness (QED) is 0.893. The van der Waals surface area contributed by atoms with Crippen molar-refractivity contribution in [3.05, 3.63) is 53.9 Å². The van der Waals surface area contributed by atoms with E-state index in [9.17, 15) is 0 Å². The molecule has 0 aliphatic heterocycles. The second kappa shape index (κ2) is 4.41. The Labute approximate surface area is 107 Å². The fourth-order valence-corrected chi connectivity index (χ4v) is 2.44. The molecule has 0 saturated heterocycles. The molecule has 1 aromatic heterocycles. The molecule has 1 aromatic carbocycles. The van der Waals surface area contributed by atoms with E-state index in [0.29, 0.717) is 0 Å². The van der Waals surface area contributed by atoms with Gasteiger partial charge in [-0.05, 0) is 37.3 Å². The van der Waals surface area contributed by atoms with Crippen LogP contribution in [0.3, 0.4) is 0 Å². The predicted molar refractivity (Wildman–Crippen MR) is 72.4 cm³/mol. The molecule has 0 spiro atoms. The van der Waals surface area contributed by atoms with Gasteiger partial charge in [0.05, 0.1) is 5.54 Å². The zero-order valence-electron chi connectivity index (χ0n) is 10.6. The largest absolute Gasteiger partial charge is 0.345 e. The molecule has 1 N–H and O–H groups in total. The van der Waals surface area contributed by atoms with Crippen LogP contribution in [0.5, 0.6) is 0 Å². The van der Waals surface area contributed by atoms with Crippen LogP contribution in [0.4, 0.5) is 5.95 Å². The van der Waals surface area contributed by atoms with Crippen molar-refractivity contribution >= 4 is 5.95 Å². The molecule has 1 fully saturated rings. The zero-order chi connectivity index (χ0) is 12.4. The van der Waals surface area contributed by atoms with E-state index in [-0.39, 0.29) is 5.54 Å². The minimum atomic E-state index is 0.0382. The highest BCUT2D eigenvalue weighted by Gasteiger charge is 2.39. The third-order valence-electron chi connectivity index (χ3n) is 3.67. The number of rotatable bonds is 3. The summed E-state index contributed by atoms with van der Waals surface area (Å²) in [4.78, 5) is 8.70. The Bertz CT molecular complexity index is 515. The number of hydrogen-bond acceptors (Lipinski definition) is 3. The van der Waals surface area contributed by atoms with Crippen molar-refractivity contribution in [1.82, 2.24) is 9.97 Å². The minimum Gasteiger partial charge on any atom is -0.345 e. The standard InChI is InChI=1S/C15H17N3/c1-12-10-16-14(17-11-12)18-15(8-5-9-15)13-6-3-2-4-7-13/h2-4,6-7,10-11H,5,8-9H2,1H3,(H,16,17,18). The smallest absolute Gasteiger partial charge is 0.223 e.